The van der Waals surface area contributed by atoms with E-state index in [0.29, 0.717) is 5.56 Å². The van der Waals surface area contributed by atoms with E-state index in [1.165, 1.54) is 0 Å². The highest BCUT2D eigenvalue weighted by molar-refractivity contribution is 7.88. The molecular formula is C10H15NO3S. The largest absolute Gasteiger partial charge is 0.387 e. The highest BCUT2D eigenvalue weighted by atomic mass is 32.2. The first kappa shape index (κ1) is 12.2. The molecule has 0 aliphatic rings. The molecule has 0 saturated carbocycles. The Hall–Kier alpha value is -0.910. The van der Waals surface area contributed by atoms with Crippen molar-refractivity contribution in [2.24, 2.45) is 0 Å². The van der Waals surface area contributed by atoms with Crippen molar-refractivity contribution in [3.63, 3.8) is 0 Å². The standard InChI is InChI=1S/C10H15NO3S/c1-8(11-15(2,13)14)10(12)9-6-4-3-5-7-9/h3-8,10-12H,1-2H3/t8-,10+/m1/s1. The quantitative estimate of drug-likeness (QED) is 0.797. The van der Waals surface area contributed by atoms with Crippen LogP contribution in [0.1, 0.15) is 18.6 Å². The van der Waals surface area contributed by atoms with E-state index in [0.717, 1.165) is 6.26 Å². The third kappa shape index (κ3) is 3.99. The molecule has 4 nitrogen and oxygen atoms in total. The normalized spacial score (nSPS) is 15.9. The van der Waals surface area contributed by atoms with Crippen molar-refractivity contribution in [3.8, 4) is 0 Å². The number of rotatable bonds is 4. The van der Waals surface area contributed by atoms with Crippen LogP contribution in [0.15, 0.2) is 30.3 Å². The van der Waals surface area contributed by atoms with Crippen LogP contribution in [0.4, 0.5) is 0 Å². The zero-order valence-electron chi connectivity index (χ0n) is 8.71. The molecule has 0 radical (unpaired) electrons. The van der Waals surface area contributed by atoms with Crippen LogP contribution in [0.25, 0.3) is 0 Å². The molecule has 5 heteroatoms. The predicted molar refractivity (Wildman–Crippen MR) is 58.8 cm³/mol. The molecule has 2 atom stereocenters. The predicted octanol–water partition coefficient (Wildman–Crippen LogP) is 0.658. The number of nitrogens with one attached hydrogen (secondary N) is 1. The van der Waals surface area contributed by atoms with Crippen LogP contribution >= 0.6 is 0 Å². The summed E-state index contributed by atoms with van der Waals surface area (Å²) in [7, 11) is -3.29. The summed E-state index contributed by atoms with van der Waals surface area (Å²) in [6.07, 6.45) is 0.238. The molecule has 0 spiro atoms. The summed E-state index contributed by atoms with van der Waals surface area (Å²) < 4.78 is 24.2. The summed E-state index contributed by atoms with van der Waals surface area (Å²) in [5.41, 5.74) is 0.696. The summed E-state index contributed by atoms with van der Waals surface area (Å²) in [5, 5.41) is 9.83. The summed E-state index contributed by atoms with van der Waals surface area (Å²) in [4.78, 5) is 0. The third-order valence-corrected chi connectivity index (χ3v) is 2.81. The highest BCUT2D eigenvalue weighted by Crippen LogP contribution is 2.16. The zero-order valence-corrected chi connectivity index (χ0v) is 9.53. The Morgan fingerprint density at radius 3 is 2.27 bits per heavy atom. The second kappa shape index (κ2) is 4.74. The second-order valence-corrected chi connectivity index (χ2v) is 5.31. The third-order valence-electron chi connectivity index (χ3n) is 2.01. The molecule has 0 bridgehead atoms. The van der Waals surface area contributed by atoms with E-state index in [-0.39, 0.29) is 0 Å². The fraction of sp³-hybridized carbons (Fsp3) is 0.400. The monoisotopic (exact) mass is 229 g/mol. The van der Waals surface area contributed by atoms with Gasteiger partial charge < -0.3 is 5.11 Å². The van der Waals surface area contributed by atoms with Crippen LogP contribution in [0, 0.1) is 0 Å². The maximum atomic E-state index is 11.0. The van der Waals surface area contributed by atoms with Crippen molar-refractivity contribution in [2.75, 3.05) is 6.26 Å². The molecule has 0 aromatic heterocycles. The minimum absolute atomic E-state index is 0.539. The first-order chi connectivity index (χ1) is 6.90. The molecule has 1 rings (SSSR count). The van der Waals surface area contributed by atoms with Crippen LogP contribution in [-0.2, 0) is 10.0 Å². The lowest BCUT2D eigenvalue weighted by Crippen LogP contribution is -2.36. The number of hydrogen-bond donors (Lipinski definition) is 2. The van der Waals surface area contributed by atoms with Gasteiger partial charge in [0.15, 0.2) is 0 Å². The fourth-order valence-corrected chi connectivity index (χ4v) is 2.15. The van der Waals surface area contributed by atoms with Gasteiger partial charge in [0.25, 0.3) is 0 Å². The summed E-state index contributed by atoms with van der Waals surface area (Å²) >= 11 is 0. The van der Waals surface area contributed by atoms with E-state index < -0.39 is 22.2 Å². The van der Waals surface area contributed by atoms with Gasteiger partial charge in [-0.3, -0.25) is 0 Å². The number of benzene rings is 1. The molecule has 2 N–H and O–H groups in total. The van der Waals surface area contributed by atoms with Gasteiger partial charge in [0, 0.05) is 6.04 Å². The SMILES string of the molecule is C[C@@H](NS(C)(=O)=O)[C@H](O)c1ccccc1. The molecule has 0 aliphatic heterocycles. The molecule has 0 saturated heterocycles. The second-order valence-electron chi connectivity index (χ2n) is 3.53. The molecule has 1 aromatic carbocycles. The Morgan fingerprint density at radius 2 is 1.80 bits per heavy atom. The molecule has 0 fully saturated rings. The molecule has 0 aliphatic carbocycles. The van der Waals surface area contributed by atoms with Crippen molar-refractivity contribution in [1.82, 2.24) is 4.72 Å². The van der Waals surface area contributed by atoms with E-state index in [1.54, 1.807) is 31.2 Å². The van der Waals surface area contributed by atoms with Crippen molar-refractivity contribution in [1.29, 1.82) is 0 Å². The Labute approximate surface area is 90.0 Å². The van der Waals surface area contributed by atoms with Gasteiger partial charge in [0.1, 0.15) is 0 Å². The van der Waals surface area contributed by atoms with E-state index in [9.17, 15) is 13.5 Å². The first-order valence-corrected chi connectivity index (χ1v) is 6.49. The Bertz CT molecular complexity index is 402. The van der Waals surface area contributed by atoms with Crippen molar-refractivity contribution < 1.29 is 13.5 Å². The molecule has 0 unspecified atom stereocenters. The minimum atomic E-state index is -3.29. The summed E-state index contributed by atoms with van der Waals surface area (Å²) in [6, 6.07) is 8.40. The van der Waals surface area contributed by atoms with Gasteiger partial charge in [-0.25, -0.2) is 13.1 Å². The Balaban J connectivity index is 2.73. The van der Waals surface area contributed by atoms with Gasteiger partial charge in [-0.05, 0) is 12.5 Å². The van der Waals surface area contributed by atoms with Crippen LogP contribution in [0.3, 0.4) is 0 Å². The van der Waals surface area contributed by atoms with Crippen LogP contribution in [-0.4, -0.2) is 25.8 Å². The van der Waals surface area contributed by atoms with Gasteiger partial charge in [-0.1, -0.05) is 30.3 Å². The molecule has 0 heterocycles. The van der Waals surface area contributed by atoms with Gasteiger partial charge in [-0.15, -0.1) is 0 Å². The average molecular weight is 229 g/mol. The zero-order chi connectivity index (χ0) is 11.5. The highest BCUT2D eigenvalue weighted by Gasteiger charge is 2.18. The van der Waals surface area contributed by atoms with Crippen LogP contribution in [0.2, 0.25) is 0 Å². The van der Waals surface area contributed by atoms with Crippen LogP contribution in [0.5, 0.6) is 0 Å². The van der Waals surface area contributed by atoms with Gasteiger partial charge in [0.05, 0.1) is 12.4 Å². The van der Waals surface area contributed by atoms with E-state index in [4.69, 9.17) is 0 Å². The number of aliphatic hydroxyl groups excluding tert-OH is 1. The maximum Gasteiger partial charge on any atom is 0.209 e. The molecular weight excluding hydrogens is 214 g/mol. The lowest BCUT2D eigenvalue weighted by Gasteiger charge is -2.19. The lowest BCUT2D eigenvalue weighted by atomic mass is 10.0. The Kier molecular flexibility index (Phi) is 3.84. The van der Waals surface area contributed by atoms with E-state index in [2.05, 4.69) is 4.72 Å². The van der Waals surface area contributed by atoms with Crippen molar-refractivity contribution in [2.45, 2.75) is 19.1 Å². The number of hydrogen-bond acceptors (Lipinski definition) is 3. The van der Waals surface area contributed by atoms with E-state index >= 15 is 0 Å². The lowest BCUT2D eigenvalue weighted by molar-refractivity contribution is 0.146. The number of sulfonamides is 1. The average Bonchev–Trinajstić information content (AvgIpc) is 2.15. The van der Waals surface area contributed by atoms with Gasteiger partial charge >= 0.3 is 0 Å². The summed E-state index contributed by atoms with van der Waals surface area (Å²) in [5.74, 6) is 0. The Morgan fingerprint density at radius 1 is 1.27 bits per heavy atom. The topological polar surface area (TPSA) is 66.4 Å². The molecule has 15 heavy (non-hydrogen) atoms. The molecule has 0 amide bonds. The molecule has 84 valence electrons. The smallest absolute Gasteiger partial charge is 0.209 e. The maximum absolute atomic E-state index is 11.0. The van der Waals surface area contributed by atoms with Gasteiger partial charge in [-0.2, -0.15) is 0 Å². The van der Waals surface area contributed by atoms with Crippen molar-refractivity contribution >= 4 is 10.0 Å². The van der Waals surface area contributed by atoms with Crippen LogP contribution < -0.4 is 4.72 Å². The number of aliphatic hydroxyl groups is 1. The van der Waals surface area contributed by atoms with Crippen molar-refractivity contribution in [3.05, 3.63) is 35.9 Å². The minimum Gasteiger partial charge on any atom is -0.387 e. The van der Waals surface area contributed by atoms with E-state index in [1.807, 2.05) is 6.07 Å². The molecule has 1 aromatic rings. The fourth-order valence-electron chi connectivity index (χ4n) is 1.34. The first-order valence-electron chi connectivity index (χ1n) is 4.60. The summed E-state index contributed by atoms with van der Waals surface area (Å²) in [6.45, 7) is 1.62. The van der Waals surface area contributed by atoms with Gasteiger partial charge in [0.2, 0.25) is 10.0 Å².